The molecule has 24 heavy (non-hydrogen) atoms. The molecule has 0 fully saturated rings. The third-order valence-electron chi connectivity index (χ3n) is 4.50. The highest BCUT2D eigenvalue weighted by atomic mass is 19.1. The first kappa shape index (κ1) is 14.6. The highest BCUT2D eigenvalue weighted by Crippen LogP contribution is 2.45. The van der Waals surface area contributed by atoms with Crippen LogP contribution in [0, 0.1) is 5.82 Å². The molecule has 3 nitrogen and oxygen atoms in total. The minimum absolute atomic E-state index is 0.0767. The number of rotatable bonds is 2. The van der Waals surface area contributed by atoms with Gasteiger partial charge < -0.3 is 4.74 Å². The van der Waals surface area contributed by atoms with Gasteiger partial charge in [0.15, 0.2) is 5.78 Å². The predicted molar refractivity (Wildman–Crippen MR) is 90.8 cm³/mol. The van der Waals surface area contributed by atoms with Gasteiger partial charge in [-0.05, 0) is 53.1 Å². The fourth-order valence-corrected chi connectivity index (χ4v) is 3.37. The third kappa shape index (κ3) is 1.96. The lowest BCUT2D eigenvalue weighted by atomic mass is 9.90. The number of aromatic nitrogens is 1. The number of methoxy groups -OCH3 is 1. The van der Waals surface area contributed by atoms with Crippen LogP contribution in [0.5, 0.6) is 5.75 Å². The van der Waals surface area contributed by atoms with Crippen molar-refractivity contribution in [2.45, 2.75) is 5.92 Å². The number of Topliss-reactive ketones (excluding diaryl/α,β-unsaturated/α-hetero) is 1. The van der Waals surface area contributed by atoms with Gasteiger partial charge in [-0.3, -0.25) is 9.78 Å². The highest BCUT2D eigenvalue weighted by Gasteiger charge is 2.36. The van der Waals surface area contributed by atoms with Crippen molar-refractivity contribution in [1.29, 1.82) is 0 Å². The van der Waals surface area contributed by atoms with Crippen LogP contribution in [-0.2, 0) is 0 Å². The smallest absolute Gasteiger partial charge is 0.175 e. The number of carbonyl (C=O) groups is 1. The minimum atomic E-state index is -0.551. The molecule has 0 saturated heterocycles. The summed E-state index contributed by atoms with van der Waals surface area (Å²) in [5, 5.41) is 0.834. The molecule has 0 saturated carbocycles. The van der Waals surface area contributed by atoms with Crippen LogP contribution < -0.4 is 4.74 Å². The third-order valence-corrected chi connectivity index (χ3v) is 4.50. The summed E-state index contributed by atoms with van der Waals surface area (Å²) in [6.45, 7) is 4.05. The second kappa shape index (κ2) is 5.27. The van der Waals surface area contributed by atoms with Crippen LogP contribution in [0.2, 0.25) is 0 Å². The zero-order chi connectivity index (χ0) is 16.8. The predicted octanol–water partition coefficient (Wildman–Crippen LogP) is 4.38. The number of allylic oxidation sites excluding steroid dienone is 1. The van der Waals surface area contributed by atoms with Crippen LogP contribution in [0.1, 0.15) is 27.4 Å². The van der Waals surface area contributed by atoms with E-state index in [1.807, 2.05) is 24.3 Å². The van der Waals surface area contributed by atoms with Gasteiger partial charge in [-0.15, -0.1) is 0 Å². The van der Waals surface area contributed by atoms with Gasteiger partial charge in [-0.1, -0.05) is 12.6 Å². The van der Waals surface area contributed by atoms with Gasteiger partial charge in [-0.2, -0.15) is 0 Å². The van der Waals surface area contributed by atoms with Gasteiger partial charge in [0, 0.05) is 17.1 Å². The summed E-state index contributed by atoms with van der Waals surface area (Å²) in [5.41, 5.74) is 3.14. The molecule has 1 aromatic heterocycles. The van der Waals surface area contributed by atoms with Crippen molar-refractivity contribution in [3.05, 3.63) is 77.7 Å². The molecule has 0 bridgehead atoms. The molecule has 1 heterocycles. The van der Waals surface area contributed by atoms with Crippen LogP contribution in [0.25, 0.3) is 16.5 Å². The van der Waals surface area contributed by atoms with Crippen LogP contribution in [0.4, 0.5) is 4.39 Å². The van der Waals surface area contributed by atoms with Gasteiger partial charge in [0.05, 0.1) is 18.5 Å². The molecule has 0 amide bonds. The summed E-state index contributed by atoms with van der Waals surface area (Å²) in [4.78, 5) is 17.3. The number of hydrogen-bond donors (Lipinski definition) is 0. The monoisotopic (exact) mass is 319 g/mol. The molecule has 3 aromatic rings. The summed E-state index contributed by atoms with van der Waals surface area (Å²) < 4.78 is 18.9. The maximum atomic E-state index is 13.6. The van der Waals surface area contributed by atoms with Crippen molar-refractivity contribution in [1.82, 2.24) is 4.98 Å². The van der Waals surface area contributed by atoms with Gasteiger partial charge in [0.1, 0.15) is 11.6 Å². The number of ether oxygens (including phenoxy) is 1. The first-order valence-corrected chi connectivity index (χ1v) is 7.56. The zero-order valence-electron chi connectivity index (χ0n) is 13.0. The van der Waals surface area contributed by atoms with Gasteiger partial charge >= 0.3 is 0 Å². The summed E-state index contributed by atoms with van der Waals surface area (Å²) in [6.07, 6.45) is 1.68. The lowest BCUT2D eigenvalue weighted by Crippen LogP contribution is -2.07. The lowest BCUT2D eigenvalue weighted by molar-refractivity contribution is 0.0987. The molecule has 0 radical (unpaired) electrons. The van der Waals surface area contributed by atoms with E-state index in [2.05, 4.69) is 11.6 Å². The summed E-state index contributed by atoms with van der Waals surface area (Å²) in [5.74, 6) is -0.306. The average molecular weight is 319 g/mol. The Balaban J connectivity index is 1.94. The molecule has 2 aromatic carbocycles. The summed E-state index contributed by atoms with van der Waals surface area (Å²) in [7, 11) is 1.60. The second-order valence-electron chi connectivity index (χ2n) is 5.77. The van der Waals surface area contributed by atoms with Crippen molar-refractivity contribution in [3.63, 3.8) is 0 Å². The molecule has 0 spiro atoms. The van der Waals surface area contributed by atoms with Crippen molar-refractivity contribution < 1.29 is 13.9 Å². The minimum Gasteiger partial charge on any atom is -0.496 e. The van der Waals surface area contributed by atoms with Crippen LogP contribution in [0.15, 0.2) is 55.2 Å². The van der Waals surface area contributed by atoms with Crippen LogP contribution in [-0.4, -0.2) is 17.9 Å². The Bertz CT molecular complexity index is 1010. The molecule has 1 unspecified atom stereocenters. The average Bonchev–Trinajstić information content (AvgIpc) is 2.84. The number of pyridine rings is 1. The molecule has 0 aliphatic heterocycles. The van der Waals surface area contributed by atoms with E-state index >= 15 is 0 Å². The molecule has 118 valence electrons. The molecule has 1 aliphatic carbocycles. The van der Waals surface area contributed by atoms with E-state index in [-0.39, 0.29) is 11.6 Å². The first-order valence-electron chi connectivity index (χ1n) is 7.56. The number of carbonyl (C=O) groups excluding carboxylic acids is 1. The van der Waals surface area contributed by atoms with Crippen molar-refractivity contribution in [2.75, 3.05) is 7.11 Å². The number of halogens is 1. The number of fused-ring (bicyclic) bond motifs is 2. The van der Waals surface area contributed by atoms with E-state index in [0.29, 0.717) is 28.0 Å². The van der Waals surface area contributed by atoms with E-state index < -0.39 is 5.92 Å². The van der Waals surface area contributed by atoms with Crippen molar-refractivity contribution >= 4 is 22.3 Å². The second-order valence-corrected chi connectivity index (χ2v) is 5.77. The lowest BCUT2D eigenvalue weighted by Gasteiger charge is -2.15. The van der Waals surface area contributed by atoms with E-state index in [0.717, 1.165) is 10.9 Å². The standard InChI is InChI=1S/C20H14FNO2/c1-11-16-10-12(21)5-6-13(16)20(23)18(11)15-7-8-17(24-2)14-4-3-9-22-19(14)15/h3-10,18H,1H2,2H3. The van der Waals surface area contributed by atoms with E-state index in [4.69, 9.17) is 4.74 Å². The summed E-state index contributed by atoms with van der Waals surface area (Å²) in [6, 6.07) is 11.6. The van der Waals surface area contributed by atoms with Gasteiger partial charge in [-0.25, -0.2) is 4.39 Å². The van der Waals surface area contributed by atoms with Gasteiger partial charge in [0.2, 0.25) is 0 Å². The fraction of sp³-hybridized carbons (Fsp3) is 0.100. The Labute approximate surface area is 138 Å². The normalized spacial score (nSPS) is 16.5. The maximum absolute atomic E-state index is 13.6. The largest absolute Gasteiger partial charge is 0.496 e. The Hall–Kier alpha value is -3.01. The van der Waals surface area contributed by atoms with Crippen LogP contribution in [0.3, 0.4) is 0 Å². The number of nitrogens with zero attached hydrogens (tertiary/aromatic N) is 1. The Morgan fingerprint density at radius 1 is 1.17 bits per heavy atom. The Morgan fingerprint density at radius 2 is 2.00 bits per heavy atom. The number of ketones is 1. The number of hydrogen-bond acceptors (Lipinski definition) is 3. The van der Waals surface area contributed by atoms with E-state index in [1.165, 1.54) is 18.2 Å². The quantitative estimate of drug-likeness (QED) is 0.704. The number of benzene rings is 2. The molecule has 0 N–H and O–H groups in total. The summed E-state index contributed by atoms with van der Waals surface area (Å²) >= 11 is 0. The Kier molecular flexibility index (Phi) is 3.20. The SMILES string of the molecule is C=C1c2cc(F)ccc2C(=O)C1c1ccc(OC)c2cccnc12. The topological polar surface area (TPSA) is 39.2 Å². The first-order chi connectivity index (χ1) is 11.6. The van der Waals surface area contributed by atoms with E-state index in [1.54, 1.807) is 13.3 Å². The Morgan fingerprint density at radius 3 is 2.79 bits per heavy atom. The van der Waals surface area contributed by atoms with Gasteiger partial charge in [0.25, 0.3) is 0 Å². The molecular weight excluding hydrogens is 305 g/mol. The van der Waals surface area contributed by atoms with E-state index in [9.17, 15) is 9.18 Å². The molecule has 4 rings (SSSR count). The fourth-order valence-electron chi connectivity index (χ4n) is 3.37. The molecule has 1 atom stereocenters. The van der Waals surface area contributed by atoms with Crippen LogP contribution >= 0.6 is 0 Å². The molecule has 4 heteroatoms. The molecular formula is C20H14FNO2. The van der Waals surface area contributed by atoms with Crippen molar-refractivity contribution in [3.8, 4) is 5.75 Å². The molecule has 1 aliphatic rings. The van der Waals surface area contributed by atoms with Crippen molar-refractivity contribution in [2.24, 2.45) is 0 Å². The highest BCUT2D eigenvalue weighted by molar-refractivity contribution is 6.18. The zero-order valence-corrected chi connectivity index (χ0v) is 13.0. The maximum Gasteiger partial charge on any atom is 0.175 e.